The highest BCUT2D eigenvalue weighted by Gasteiger charge is 2.13. The van der Waals surface area contributed by atoms with E-state index < -0.39 is 0 Å². The number of anilines is 1. The lowest BCUT2D eigenvalue weighted by atomic mass is 9.87. The summed E-state index contributed by atoms with van der Waals surface area (Å²) in [5.41, 5.74) is 15.1. The van der Waals surface area contributed by atoms with Crippen LogP contribution in [-0.2, 0) is 6.42 Å². The molecule has 0 saturated carbocycles. The van der Waals surface area contributed by atoms with Crippen LogP contribution >= 0.6 is 0 Å². The van der Waals surface area contributed by atoms with Crippen LogP contribution in [0.4, 0.5) is 5.69 Å². The molecule has 0 atom stereocenters. The van der Waals surface area contributed by atoms with Crippen molar-refractivity contribution in [2.45, 2.75) is 59.8 Å². The van der Waals surface area contributed by atoms with Crippen LogP contribution in [0.3, 0.4) is 0 Å². The summed E-state index contributed by atoms with van der Waals surface area (Å²) in [7, 11) is 0. The third-order valence-corrected chi connectivity index (χ3v) is 4.53. The van der Waals surface area contributed by atoms with Gasteiger partial charge in [0.05, 0.1) is 0 Å². The second kappa shape index (κ2) is 6.56. The van der Waals surface area contributed by atoms with E-state index >= 15 is 0 Å². The highest BCUT2D eigenvalue weighted by molar-refractivity contribution is 5.74. The van der Waals surface area contributed by atoms with Gasteiger partial charge in [0.1, 0.15) is 0 Å². The molecule has 0 radical (unpaired) electrons. The van der Waals surface area contributed by atoms with Gasteiger partial charge in [-0.2, -0.15) is 0 Å². The van der Waals surface area contributed by atoms with Gasteiger partial charge in [-0.3, -0.25) is 0 Å². The lowest BCUT2D eigenvalue weighted by molar-refractivity contribution is 0.847. The van der Waals surface area contributed by atoms with Crippen molar-refractivity contribution >= 4 is 5.69 Å². The van der Waals surface area contributed by atoms with Gasteiger partial charge in [-0.05, 0) is 70.7 Å². The fourth-order valence-electron chi connectivity index (χ4n) is 3.01. The molecule has 0 aliphatic heterocycles. The molecule has 2 N–H and O–H groups in total. The van der Waals surface area contributed by atoms with Crippen LogP contribution in [0.1, 0.15) is 68.7 Å². The fraction of sp³-hybridized carbons (Fsp3) is 0.429. The van der Waals surface area contributed by atoms with Crippen LogP contribution in [0, 0.1) is 6.92 Å². The first-order chi connectivity index (χ1) is 10.3. The van der Waals surface area contributed by atoms with E-state index in [0.29, 0.717) is 11.8 Å². The highest BCUT2D eigenvalue weighted by Crippen LogP contribution is 2.35. The van der Waals surface area contributed by atoms with Crippen molar-refractivity contribution in [1.29, 1.82) is 0 Å². The van der Waals surface area contributed by atoms with E-state index in [1.165, 1.54) is 33.4 Å². The summed E-state index contributed by atoms with van der Waals surface area (Å²) in [5.74, 6) is 1.06. The molecule has 0 spiro atoms. The van der Waals surface area contributed by atoms with Crippen molar-refractivity contribution in [2.24, 2.45) is 0 Å². The van der Waals surface area contributed by atoms with Crippen molar-refractivity contribution < 1.29 is 0 Å². The van der Waals surface area contributed by atoms with Gasteiger partial charge in [-0.1, -0.05) is 52.8 Å². The molecule has 118 valence electrons. The van der Waals surface area contributed by atoms with E-state index in [1.54, 1.807) is 0 Å². The predicted molar refractivity (Wildman–Crippen MR) is 98.6 cm³/mol. The molecule has 2 aromatic rings. The van der Waals surface area contributed by atoms with Crippen LogP contribution in [0.25, 0.3) is 11.1 Å². The summed E-state index contributed by atoms with van der Waals surface area (Å²) in [6.07, 6.45) is 0.974. The van der Waals surface area contributed by atoms with Crippen molar-refractivity contribution in [1.82, 2.24) is 0 Å². The number of aryl methyl sites for hydroxylation is 2. The molecule has 0 saturated heterocycles. The number of benzene rings is 2. The molecule has 0 aliphatic carbocycles. The molecular formula is C21H29N. The van der Waals surface area contributed by atoms with E-state index in [4.69, 9.17) is 5.73 Å². The second-order valence-corrected chi connectivity index (χ2v) is 6.88. The van der Waals surface area contributed by atoms with Crippen LogP contribution in [0.5, 0.6) is 0 Å². The molecule has 1 heteroatoms. The second-order valence-electron chi connectivity index (χ2n) is 6.88. The van der Waals surface area contributed by atoms with Crippen molar-refractivity contribution in [3.05, 3.63) is 52.6 Å². The fourth-order valence-corrected chi connectivity index (χ4v) is 3.01. The zero-order chi connectivity index (χ0) is 16.4. The Morgan fingerprint density at radius 3 is 2.18 bits per heavy atom. The smallest absolute Gasteiger partial charge is 0.0376 e. The van der Waals surface area contributed by atoms with E-state index in [2.05, 4.69) is 71.9 Å². The Bertz CT molecular complexity index is 666. The summed E-state index contributed by atoms with van der Waals surface area (Å²) in [6, 6.07) is 11.4. The maximum Gasteiger partial charge on any atom is 0.0376 e. The molecule has 0 unspecified atom stereocenters. The number of rotatable bonds is 4. The van der Waals surface area contributed by atoms with Crippen LogP contribution in [0.15, 0.2) is 30.3 Å². The Hall–Kier alpha value is -1.76. The normalized spacial score (nSPS) is 11.5. The monoisotopic (exact) mass is 295 g/mol. The van der Waals surface area contributed by atoms with Gasteiger partial charge in [0.25, 0.3) is 0 Å². The zero-order valence-electron chi connectivity index (χ0n) is 14.8. The molecule has 22 heavy (non-hydrogen) atoms. The SMILES string of the molecule is CCc1cc(-c2cc(C(C)C)ccc2C(C)C)cc(C)c1N. The molecule has 1 nitrogen and oxygen atoms in total. The Kier molecular flexibility index (Phi) is 4.95. The maximum absolute atomic E-state index is 6.22. The van der Waals surface area contributed by atoms with Gasteiger partial charge in [0, 0.05) is 5.69 Å². The van der Waals surface area contributed by atoms with Gasteiger partial charge in [-0.25, -0.2) is 0 Å². The molecule has 0 aromatic heterocycles. The van der Waals surface area contributed by atoms with Crippen LogP contribution in [0.2, 0.25) is 0 Å². The van der Waals surface area contributed by atoms with Gasteiger partial charge >= 0.3 is 0 Å². The molecule has 0 aliphatic rings. The first-order valence-electron chi connectivity index (χ1n) is 8.38. The van der Waals surface area contributed by atoms with E-state index in [9.17, 15) is 0 Å². The van der Waals surface area contributed by atoms with Gasteiger partial charge < -0.3 is 5.73 Å². The lowest BCUT2D eigenvalue weighted by Crippen LogP contribution is -2.00. The molecule has 2 aromatic carbocycles. The summed E-state index contributed by atoms with van der Waals surface area (Å²) < 4.78 is 0. The molecule has 0 fully saturated rings. The van der Waals surface area contributed by atoms with E-state index in [0.717, 1.165) is 12.1 Å². The largest absolute Gasteiger partial charge is 0.398 e. The summed E-state index contributed by atoms with van der Waals surface area (Å²) >= 11 is 0. The van der Waals surface area contributed by atoms with Crippen molar-refractivity contribution in [2.75, 3.05) is 5.73 Å². The Balaban J connectivity index is 2.69. The maximum atomic E-state index is 6.22. The minimum atomic E-state index is 0.513. The summed E-state index contributed by atoms with van der Waals surface area (Å²) in [6.45, 7) is 13.3. The quantitative estimate of drug-likeness (QED) is 0.682. The Morgan fingerprint density at radius 1 is 0.955 bits per heavy atom. The Labute approximate surface area is 135 Å². The molecule has 0 amide bonds. The lowest BCUT2D eigenvalue weighted by Gasteiger charge is -2.18. The number of hydrogen-bond donors (Lipinski definition) is 1. The molecule has 0 heterocycles. The summed E-state index contributed by atoms with van der Waals surface area (Å²) in [5, 5.41) is 0. The third-order valence-electron chi connectivity index (χ3n) is 4.53. The van der Waals surface area contributed by atoms with E-state index in [-0.39, 0.29) is 0 Å². The van der Waals surface area contributed by atoms with Crippen LogP contribution in [-0.4, -0.2) is 0 Å². The van der Waals surface area contributed by atoms with Crippen molar-refractivity contribution in [3.8, 4) is 11.1 Å². The predicted octanol–water partition coefficient (Wildman–Crippen LogP) is 6.05. The van der Waals surface area contributed by atoms with Crippen LogP contribution < -0.4 is 5.73 Å². The van der Waals surface area contributed by atoms with Gasteiger partial charge in [0.15, 0.2) is 0 Å². The number of hydrogen-bond acceptors (Lipinski definition) is 1. The highest BCUT2D eigenvalue weighted by atomic mass is 14.6. The standard InChI is InChI=1S/C21H29N/c1-7-16-11-18(10-15(6)21(16)22)20-12-17(13(2)3)8-9-19(20)14(4)5/h8-14H,7,22H2,1-6H3. The first kappa shape index (κ1) is 16.6. The van der Waals surface area contributed by atoms with Crippen molar-refractivity contribution in [3.63, 3.8) is 0 Å². The van der Waals surface area contributed by atoms with Gasteiger partial charge in [0.2, 0.25) is 0 Å². The number of nitrogen functional groups attached to an aromatic ring is 1. The third kappa shape index (κ3) is 3.19. The minimum absolute atomic E-state index is 0.513. The molecule has 2 rings (SSSR count). The average molecular weight is 295 g/mol. The average Bonchev–Trinajstić information content (AvgIpc) is 2.49. The van der Waals surface area contributed by atoms with Gasteiger partial charge in [-0.15, -0.1) is 0 Å². The number of nitrogens with two attached hydrogens (primary N) is 1. The summed E-state index contributed by atoms with van der Waals surface area (Å²) in [4.78, 5) is 0. The minimum Gasteiger partial charge on any atom is -0.398 e. The Morgan fingerprint density at radius 2 is 1.64 bits per heavy atom. The first-order valence-corrected chi connectivity index (χ1v) is 8.38. The van der Waals surface area contributed by atoms with E-state index in [1.807, 2.05) is 0 Å². The molecule has 0 bridgehead atoms. The topological polar surface area (TPSA) is 26.0 Å². The molecular weight excluding hydrogens is 266 g/mol. The zero-order valence-corrected chi connectivity index (χ0v) is 14.8.